The van der Waals surface area contributed by atoms with Gasteiger partial charge >= 0.3 is 5.97 Å². The fourth-order valence-corrected chi connectivity index (χ4v) is 3.16. The molecule has 1 aliphatic carbocycles. The molecular weight excluding hydrogens is 306 g/mol. The molecule has 1 heterocycles. The maximum Gasteiger partial charge on any atom is 0.310 e. The fourth-order valence-electron chi connectivity index (χ4n) is 3.16. The van der Waals surface area contributed by atoms with Crippen molar-refractivity contribution in [1.29, 1.82) is 0 Å². The second-order valence-corrected chi connectivity index (χ2v) is 6.24. The van der Waals surface area contributed by atoms with Crippen LogP contribution in [0.3, 0.4) is 0 Å². The van der Waals surface area contributed by atoms with Crippen LogP contribution in [0.5, 0.6) is 0 Å². The molecule has 3 rings (SSSR count). The highest BCUT2D eigenvalue weighted by atomic mass is 16.4. The number of hydrogen-bond acceptors (Lipinski definition) is 3. The van der Waals surface area contributed by atoms with Gasteiger partial charge < -0.3 is 10.4 Å². The predicted octanol–water partition coefficient (Wildman–Crippen LogP) is 3.44. The minimum atomic E-state index is -0.891. The van der Waals surface area contributed by atoms with Gasteiger partial charge in [-0.3, -0.25) is 14.3 Å². The zero-order valence-corrected chi connectivity index (χ0v) is 13.6. The first-order valence-electron chi connectivity index (χ1n) is 8.24. The molecule has 0 spiro atoms. The summed E-state index contributed by atoms with van der Waals surface area (Å²) >= 11 is 0. The van der Waals surface area contributed by atoms with Gasteiger partial charge in [-0.15, -0.1) is 0 Å². The SMILES string of the molecule is CC(C(=O)O)c1cccc(NC(=O)c2ccnn2C2CCCC2)c1. The monoisotopic (exact) mass is 327 g/mol. The summed E-state index contributed by atoms with van der Waals surface area (Å²) in [4.78, 5) is 23.7. The number of nitrogens with zero attached hydrogens (tertiary/aromatic N) is 2. The number of nitrogens with one attached hydrogen (secondary N) is 1. The van der Waals surface area contributed by atoms with E-state index in [0.29, 0.717) is 23.0 Å². The van der Waals surface area contributed by atoms with Gasteiger partial charge in [-0.05, 0) is 43.5 Å². The molecule has 24 heavy (non-hydrogen) atoms. The Kier molecular flexibility index (Phi) is 4.64. The Balaban J connectivity index is 1.77. The predicted molar refractivity (Wildman–Crippen MR) is 90.2 cm³/mol. The normalized spacial score (nSPS) is 16.0. The molecule has 1 aromatic heterocycles. The highest BCUT2D eigenvalue weighted by Crippen LogP contribution is 2.30. The van der Waals surface area contributed by atoms with Crippen molar-refractivity contribution in [3.63, 3.8) is 0 Å². The Labute approximate surface area is 140 Å². The molecule has 1 amide bonds. The first kappa shape index (κ1) is 16.2. The summed E-state index contributed by atoms with van der Waals surface area (Å²) in [6, 6.07) is 8.96. The molecule has 6 heteroatoms. The molecular formula is C18H21N3O3. The molecule has 6 nitrogen and oxygen atoms in total. The van der Waals surface area contributed by atoms with Crippen molar-refractivity contribution in [2.75, 3.05) is 5.32 Å². The van der Waals surface area contributed by atoms with Crippen molar-refractivity contribution < 1.29 is 14.7 Å². The van der Waals surface area contributed by atoms with E-state index in [-0.39, 0.29) is 5.91 Å². The van der Waals surface area contributed by atoms with Crippen LogP contribution in [-0.4, -0.2) is 26.8 Å². The smallest absolute Gasteiger partial charge is 0.310 e. The number of carboxylic acids is 1. The molecule has 126 valence electrons. The van der Waals surface area contributed by atoms with Gasteiger partial charge in [0.1, 0.15) is 5.69 Å². The van der Waals surface area contributed by atoms with Crippen molar-refractivity contribution in [3.05, 3.63) is 47.8 Å². The lowest BCUT2D eigenvalue weighted by Crippen LogP contribution is -2.20. The largest absolute Gasteiger partial charge is 0.481 e. The maximum atomic E-state index is 12.6. The second-order valence-electron chi connectivity index (χ2n) is 6.24. The van der Waals surface area contributed by atoms with Gasteiger partial charge in [-0.2, -0.15) is 5.10 Å². The van der Waals surface area contributed by atoms with E-state index in [9.17, 15) is 9.59 Å². The minimum Gasteiger partial charge on any atom is -0.481 e. The fraction of sp³-hybridized carbons (Fsp3) is 0.389. The summed E-state index contributed by atoms with van der Waals surface area (Å²) < 4.78 is 1.81. The quantitative estimate of drug-likeness (QED) is 0.881. The third kappa shape index (κ3) is 3.32. The number of amides is 1. The third-order valence-electron chi connectivity index (χ3n) is 4.59. The van der Waals surface area contributed by atoms with Crippen LogP contribution in [0.15, 0.2) is 36.5 Å². The van der Waals surface area contributed by atoms with E-state index >= 15 is 0 Å². The number of aliphatic carboxylic acids is 1. The molecule has 2 aromatic rings. The molecule has 0 saturated heterocycles. The second kappa shape index (κ2) is 6.86. The summed E-state index contributed by atoms with van der Waals surface area (Å²) in [5.41, 5.74) is 1.79. The van der Waals surface area contributed by atoms with Crippen molar-refractivity contribution in [3.8, 4) is 0 Å². The number of carbonyl (C=O) groups is 2. The van der Waals surface area contributed by atoms with Gasteiger partial charge in [0.15, 0.2) is 0 Å². The summed E-state index contributed by atoms with van der Waals surface area (Å²) in [6.07, 6.45) is 6.08. The number of aromatic nitrogens is 2. The van der Waals surface area contributed by atoms with Gasteiger partial charge in [0.05, 0.1) is 12.0 Å². The van der Waals surface area contributed by atoms with Crippen LogP contribution in [0.25, 0.3) is 0 Å². The van der Waals surface area contributed by atoms with Crippen molar-refractivity contribution in [2.24, 2.45) is 0 Å². The van der Waals surface area contributed by atoms with Crippen LogP contribution >= 0.6 is 0 Å². The topological polar surface area (TPSA) is 84.2 Å². The van der Waals surface area contributed by atoms with Crippen LogP contribution in [0.4, 0.5) is 5.69 Å². The highest BCUT2D eigenvalue weighted by Gasteiger charge is 2.23. The minimum absolute atomic E-state index is 0.223. The number of carbonyl (C=O) groups excluding carboxylic acids is 1. The van der Waals surface area contributed by atoms with Crippen LogP contribution in [0, 0.1) is 0 Å². The summed E-state index contributed by atoms with van der Waals surface area (Å²) in [5.74, 6) is -1.73. The Morgan fingerprint density at radius 2 is 2.04 bits per heavy atom. The molecule has 0 aliphatic heterocycles. The van der Waals surface area contributed by atoms with E-state index in [1.54, 1.807) is 43.5 Å². The third-order valence-corrected chi connectivity index (χ3v) is 4.59. The van der Waals surface area contributed by atoms with Crippen LogP contribution < -0.4 is 5.32 Å². The van der Waals surface area contributed by atoms with Crippen molar-refractivity contribution in [1.82, 2.24) is 9.78 Å². The molecule has 0 bridgehead atoms. The van der Waals surface area contributed by atoms with Gasteiger partial charge in [0.2, 0.25) is 0 Å². The first-order chi connectivity index (χ1) is 11.6. The van der Waals surface area contributed by atoms with E-state index in [0.717, 1.165) is 12.8 Å². The Morgan fingerprint density at radius 1 is 1.29 bits per heavy atom. The molecule has 0 radical (unpaired) electrons. The lowest BCUT2D eigenvalue weighted by Gasteiger charge is -2.14. The zero-order valence-electron chi connectivity index (χ0n) is 13.6. The van der Waals surface area contributed by atoms with Gasteiger partial charge in [-0.25, -0.2) is 0 Å². The van der Waals surface area contributed by atoms with Gasteiger partial charge in [-0.1, -0.05) is 25.0 Å². The molecule has 1 unspecified atom stereocenters. The van der Waals surface area contributed by atoms with Crippen LogP contribution in [0.1, 0.15) is 60.6 Å². The van der Waals surface area contributed by atoms with E-state index in [1.807, 2.05) is 4.68 Å². The van der Waals surface area contributed by atoms with Crippen molar-refractivity contribution >= 4 is 17.6 Å². The molecule has 1 aliphatic rings. The summed E-state index contributed by atoms with van der Waals surface area (Å²) in [7, 11) is 0. The highest BCUT2D eigenvalue weighted by molar-refractivity contribution is 6.03. The number of anilines is 1. The standard InChI is InChI=1S/C18H21N3O3/c1-12(18(23)24)13-5-4-6-14(11-13)20-17(22)16-9-10-19-21(16)15-7-2-3-8-15/h4-6,9-12,15H,2-3,7-8H2,1H3,(H,20,22)(H,23,24). The number of carboxylic acid groups (broad SMARTS) is 1. The van der Waals surface area contributed by atoms with Crippen LogP contribution in [-0.2, 0) is 4.79 Å². The van der Waals surface area contributed by atoms with Gasteiger partial charge in [0, 0.05) is 11.9 Å². The molecule has 1 aromatic carbocycles. The Hall–Kier alpha value is -2.63. The van der Waals surface area contributed by atoms with Crippen molar-refractivity contribution in [2.45, 2.75) is 44.6 Å². The Morgan fingerprint density at radius 3 is 2.75 bits per heavy atom. The van der Waals surface area contributed by atoms with E-state index in [4.69, 9.17) is 5.11 Å². The van der Waals surface area contributed by atoms with Gasteiger partial charge in [0.25, 0.3) is 5.91 Å². The number of benzene rings is 1. The molecule has 1 atom stereocenters. The Bertz CT molecular complexity index is 747. The van der Waals surface area contributed by atoms with Crippen LogP contribution in [0.2, 0.25) is 0 Å². The number of hydrogen-bond donors (Lipinski definition) is 2. The van der Waals surface area contributed by atoms with E-state index in [1.165, 1.54) is 12.8 Å². The molecule has 1 fully saturated rings. The lowest BCUT2D eigenvalue weighted by atomic mass is 10.0. The summed E-state index contributed by atoms with van der Waals surface area (Å²) in [6.45, 7) is 1.62. The van der Waals surface area contributed by atoms with E-state index < -0.39 is 11.9 Å². The lowest BCUT2D eigenvalue weighted by molar-refractivity contribution is -0.138. The van der Waals surface area contributed by atoms with E-state index in [2.05, 4.69) is 10.4 Å². The number of rotatable bonds is 5. The maximum absolute atomic E-state index is 12.6. The average Bonchev–Trinajstić information content (AvgIpc) is 3.24. The zero-order chi connectivity index (χ0) is 17.1. The molecule has 2 N–H and O–H groups in total. The summed E-state index contributed by atoms with van der Waals surface area (Å²) in [5, 5.41) is 16.3. The first-order valence-corrected chi connectivity index (χ1v) is 8.24. The molecule has 1 saturated carbocycles. The average molecular weight is 327 g/mol.